The summed E-state index contributed by atoms with van der Waals surface area (Å²) < 4.78 is 45.3. The molecule has 4 aromatic rings. The number of hydrogen-bond donors (Lipinski definition) is 2. The molecule has 2 N–H and O–H groups in total. The van der Waals surface area contributed by atoms with Crippen molar-refractivity contribution in [1.82, 2.24) is 14.8 Å². The number of carbonyl (C=O) groups is 1. The molecule has 0 aliphatic rings. The number of hydrogen-bond acceptors (Lipinski definition) is 5. The van der Waals surface area contributed by atoms with Crippen molar-refractivity contribution in [2.24, 2.45) is 0 Å². The number of nitrogens with one attached hydrogen (secondary N) is 2. The van der Waals surface area contributed by atoms with E-state index in [-0.39, 0.29) is 5.69 Å². The van der Waals surface area contributed by atoms with Crippen molar-refractivity contribution < 1.29 is 22.4 Å². The number of halogens is 3. The Morgan fingerprint density at radius 3 is 2.73 bits per heavy atom. The molecule has 7 nitrogen and oxygen atoms in total. The molecular formula is C19H14F3N5O2S. The third-order valence-electron chi connectivity index (χ3n) is 3.97. The Labute approximate surface area is 172 Å². The lowest BCUT2D eigenvalue weighted by molar-refractivity contribution is -0.137. The van der Waals surface area contributed by atoms with Gasteiger partial charge < -0.3 is 9.73 Å². The maximum absolute atomic E-state index is 12.8. The van der Waals surface area contributed by atoms with Gasteiger partial charge in [-0.15, -0.1) is 11.3 Å². The Morgan fingerprint density at radius 1 is 1.17 bits per heavy atom. The molecule has 154 valence electrons. The Morgan fingerprint density at radius 2 is 2.00 bits per heavy atom. The summed E-state index contributed by atoms with van der Waals surface area (Å²) in [6, 6.07) is 8.82. The number of nitrogens with zero attached hydrogens (tertiary/aromatic N) is 3. The average Bonchev–Trinajstić information content (AvgIpc) is 3.41. The first-order chi connectivity index (χ1) is 14.3. The van der Waals surface area contributed by atoms with Crippen LogP contribution < -0.4 is 10.6 Å². The van der Waals surface area contributed by atoms with Crippen molar-refractivity contribution in [2.75, 3.05) is 10.6 Å². The van der Waals surface area contributed by atoms with Crippen LogP contribution in [0.15, 0.2) is 58.5 Å². The van der Waals surface area contributed by atoms with Crippen LogP contribution in [0.25, 0.3) is 16.6 Å². The Kier molecular flexibility index (Phi) is 5.04. The molecule has 2 amide bonds. The van der Waals surface area contributed by atoms with Gasteiger partial charge >= 0.3 is 12.2 Å². The Hall–Kier alpha value is -3.60. The molecule has 0 atom stereocenters. The fourth-order valence-electron chi connectivity index (χ4n) is 2.69. The van der Waals surface area contributed by atoms with Gasteiger partial charge in [0.1, 0.15) is 11.5 Å². The topological polar surface area (TPSA) is 85.0 Å². The number of alkyl halides is 3. The monoisotopic (exact) mass is 433 g/mol. The molecule has 0 fully saturated rings. The van der Waals surface area contributed by atoms with Gasteiger partial charge in [-0.2, -0.15) is 23.0 Å². The zero-order valence-electron chi connectivity index (χ0n) is 15.4. The number of thiazole rings is 1. The predicted octanol–water partition coefficient (Wildman–Crippen LogP) is 5.56. The molecule has 0 unspecified atom stereocenters. The fraction of sp³-hybridized carbons (Fsp3) is 0.105. The van der Waals surface area contributed by atoms with E-state index >= 15 is 0 Å². The van der Waals surface area contributed by atoms with Crippen LogP contribution in [0.1, 0.15) is 11.3 Å². The van der Waals surface area contributed by atoms with Crippen molar-refractivity contribution in [3.63, 3.8) is 0 Å². The Bertz CT molecular complexity index is 1180. The molecule has 0 aliphatic carbocycles. The summed E-state index contributed by atoms with van der Waals surface area (Å²) in [5.41, 5.74) is 0.403. The maximum Gasteiger partial charge on any atom is 0.416 e. The van der Waals surface area contributed by atoms with E-state index in [1.807, 2.05) is 0 Å². The average molecular weight is 433 g/mol. The number of amides is 2. The highest BCUT2D eigenvalue weighted by atomic mass is 32.1. The van der Waals surface area contributed by atoms with Gasteiger partial charge in [-0.3, -0.25) is 5.32 Å². The molecule has 3 heterocycles. The van der Waals surface area contributed by atoms with E-state index in [1.54, 1.807) is 30.5 Å². The minimum absolute atomic E-state index is 0.0134. The molecule has 0 bridgehead atoms. The van der Waals surface area contributed by atoms with E-state index in [0.29, 0.717) is 28.1 Å². The molecule has 0 saturated heterocycles. The molecule has 0 spiro atoms. The number of carbonyl (C=O) groups excluding carboxylic acids is 1. The first kappa shape index (κ1) is 19.7. The second-order valence-corrected chi connectivity index (χ2v) is 7.07. The van der Waals surface area contributed by atoms with Crippen molar-refractivity contribution >= 4 is 28.9 Å². The van der Waals surface area contributed by atoms with Crippen molar-refractivity contribution in [3.05, 3.63) is 65.4 Å². The summed E-state index contributed by atoms with van der Waals surface area (Å²) in [5.74, 6) is 0.912. The lowest BCUT2D eigenvalue weighted by Crippen LogP contribution is -2.21. The molecule has 11 heteroatoms. The quantitative estimate of drug-likeness (QED) is 0.441. The van der Waals surface area contributed by atoms with Gasteiger partial charge in [0.2, 0.25) is 5.13 Å². The third kappa shape index (κ3) is 4.20. The standard InChI is InChI=1S/C19H14F3N5O2S/c1-11-8-16(25-17(28)23-13-5-2-4-12(9-13)19(20,21)22)27(26-11)18-24-14(10-30-18)15-6-3-7-29-15/h2-10H,1H3,(H2,23,25,28). The maximum atomic E-state index is 12.8. The molecule has 3 aromatic heterocycles. The van der Waals surface area contributed by atoms with Crippen LogP contribution in [0.2, 0.25) is 0 Å². The first-order valence-electron chi connectivity index (χ1n) is 8.61. The van der Waals surface area contributed by atoms with Crippen molar-refractivity contribution in [3.8, 4) is 16.6 Å². The normalized spacial score (nSPS) is 11.5. The number of benzene rings is 1. The van der Waals surface area contributed by atoms with Crippen LogP contribution in [-0.4, -0.2) is 20.8 Å². The van der Waals surface area contributed by atoms with Gasteiger partial charge in [0.25, 0.3) is 0 Å². The van der Waals surface area contributed by atoms with Gasteiger partial charge in [-0.05, 0) is 37.3 Å². The minimum atomic E-state index is -4.50. The zero-order chi connectivity index (χ0) is 21.3. The molecule has 0 aliphatic heterocycles. The highest BCUT2D eigenvalue weighted by Gasteiger charge is 2.30. The minimum Gasteiger partial charge on any atom is -0.463 e. The van der Waals surface area contributed by atoms with Crippen molar-refractivity contribution in [2.45, 2.75) is 13.1 Å². The van der Waals surface area contributed by atoms with Gasteiger partial charge in [0, 0.05) is 17.1 Å². The van der Waals surface area contributed by atoms with E-state index in [1.165, 1.54) is 34.4 Å². The molecular weight excluding hydrogens is 419 g/mol. The summed E-state index contributed by atoms with van der Waals surface area (Å²) in [7, 11) is 0. The van der Waals surface area contributed by atoms with Crippen LogP contribution in [-0.2, 0) is 6.18 Å². The summed E-state index contributed by atoms with van der Waals surface area (Å²) in [5, 5.41) is 11.6. The van der Waals surface area contributed by atoms with Crippen LogP contribution in [0.5, 0.6) is 0 Å². The number of rotatable bonds is 4. The number of anilines is 2. The molecule has 0 saturated carbocycles. The molecule has 1 aromatic carbocycles. The van der Waals surface area contributed by atoms with E-state index in [4.69, 9.17) is 4.42 Å². The molecule has 0 radical (unpaired) electrons. The van der Waals surface area contributed by atoms with Gasteiger partial charge in [0.05, 0.1) is 17.5 Å². The zero-order valence-corrected chi connectivity index (χ0v) is 16.2. The van der Waals surface area contributed by atoms with Crippen LogP contribution in [0.4, 0.5) is 29.5 Å². The van der Waals surface area contributed by atoms with Crippen LogP contribution in [0, 0.1) is 6.92 Å². The highest BCUT2D eigenvalue weighted by Crippen LogP contribution is 2.31. The van der Waals surface area contributed by atoms with E-state index in [0.717, 1.165) is 12.1 Å². The van der Waals surface area contributed by atoms with Gasteiger partial charge in [-0.25, -0.2) is 9.78 Å². The smallest absolute Gasteiger partial charge is 0.416 e. The molecule has 4 rings (SSSR count). The summed E-state index contributed by atoms with van der Waals surface area (Å²) in [6.07, 6.45) is -2.96. The number of furan rings is 1. The molecule has 30 heavy (non-hydrogen) atoms. The van der Waals surface area contributed by atoms with Crippen LogP contribution in [0.3, 0.4) is 0 Å². The number of urea groups is 1. The summed E-state index contributed by atoms with van der Waals surface area (Å²) >= 11 is 1.30. The Balaban J connectivity index is 1.53. The largest absolute Gasteiger partial charge is 0.463 e. The lowest BCUT2D eigenvalue weighted by Gasteiger charge is -2.11. The SMILES string of the molecule is Cc1cc(NC(=O)Nc2cccc(C(F)(F)F)c2)n(-c2nc(-c3ccco3)cs2)n1. The predicted molar refractivity (Wildman–Crippen MR) is 106 cm³/mol. The van der Waals surface area contributed by atoms with E-state index in [9.17, 15) is 18.0 Å². The van der Waals surface area contributed by atoms with Crippen molar-refractivity contribution in [1.29, 1.82) is 0 Å². The van der Waals surface area contributed by atoms with Gasteiger partial charge in [-0.1, -0.05) is 6.07 Å². The first-order valence-corrected chi connectivity index (χ1v) is 9.49. The van der Waals surface area contributed by atoms with E-state index < -0.39 is 17.8 Å². The number of aryl methyl sites for hydroxylation is 1. The number of aromatic nitrogens is 3. The summed E-state index contributed by atoms with van der Waals surface area (Å²) in [4.78, 5) is 16.8. The second kappa shape index (κ2) is 7.67. The summed E-state index contributed by atoms with van der Waals surface area (Å²) in [6.45, 7) is 1.74. The highest BCUT2D eigenvalue weighted by molar-refractivity contribution is 7.12. The fourth-order valence-corrected chi connectivity index (χ4v) is 3.46. The van der Waals surface area contributed by atoms with E-state index in [2.05, 4.69) is 20.7 Å². The second-order valence-electron chi connectivity index (χ2n) is 6.23. The van der Waals surface area contributed by atoms with Gasteiger partial charge in [0.15, 0.2) is 5.76 Å². The lowest BCUT2D eigenvalue weighted by atomic mass is 10.2. The van der Waals surface area contributed by atoms with Crippen LogP contribution >= 0.6 is 11.3 Å². The third-order valence-corrected chi connectivity index (χ3v) is 4.78.